The second kappa shape index (κ2) is 4.28. The molecule has 0 aromatic heterocycles. The standard InChI is InChI=1S/C9H15NO3/c1-7(2)13-9(12)10-5-3-4-8(10)6-11/h8,11H,1,3-6H2,2H3/t8-/m1/s1. The largest absolute Gasteiger partial charge is 0.416 e. The van der Waals surface area contributed by atoms with Crippen LogP contribution >= 0.6 is 0 Å². The van der Waals surface area contributed by atoms with E-state index in [9.17, 15) is 4.79 Å². The molecule has 1 heterocycles. The van der Waals surface area contributed by atoms with E-state index in [1.165, 1.54) is 0 Å². The average molecular weight is 185 g/mol. The fourth-order valence-corrected chi connectivity index (χ4v) is 1.47. The van der Waals surface area contributed by atoms with Crippen molar-refractivity contribution in [2.45, 2.75) is 25.8 Å². The summed E-state index contributed by atoms with van der Waals surface area (Å²) in [7, 11) is 0. The Bertz CT molecular complexity index is 215. The highest BCUT2D eigenvalue weighted by atomic mass is 16.6. The first-order valence-corrected chi connectivity index (χ1v) is 4.40. The maximum Gasteiger partial charge on any atom is 0.415 e. The number of likely N-dealkylation sites (tertiary alicyclic amines) is 1. The zero-order valence-corrected chi connectivity index (χ0v) is 7.82. The number of aliphatic hydroxyl groups is 1. The first-order valence-electron chi connectivity index (χ1n) is 4.40. The normalized spacial score (nSPS) is 21.7. The average Bonchev–Trinajstić information content (AvgIpc) is 2.49. The molecule has 0 spiro atoms. The van der Waals surface area contributed by atoms with E-state index in [4.69, 9.17) is 9.84 Å². The van der Waals surface area contributed by atoms with Crippen LogP contribution in [-0.4, -0.2) is 35.3 Å². The molecule has 0 radical (unpaired) electrons. The lowest BCUT2D eigenvalue weighted by Gasteiger charge is -2.21. The highest BCUT2D eigenvalue weighted by Gasteiger charge is 2.29. The summed E-state index contributed by atoms with van der Waals surface area (Å²) in [5.74, 6) is 0.383. The molecule has 0 saturated carbocycles. The molecule has 1 aliphatic rings. The zero-order valence-electron chi connectivity index (χ0n) is 7.82. The minimum Gasteiger partial charge on any atom is -0.416 e. The van der Waals surface area contributed by atoms with Gasteiger partial charge in [-0.15, -0.1) is 0 Å². The topological polar surface area (TPSA) is 49.8 Å². The molecule has 1 atom stereocenters. The SMILES string of the molecule is C=C(C)OC(=O)N1CCC[C@@H]1CO. The van der Waals surface area contributed by atoms with E-state index in [2.05, 4.69) is 6.58 Å². The number of ether oxygens (including phenoxy) is 1. The van der Waals surface area contributed by atoms with Gasteiger partial charge in [0.1, 0.15) is 0 Å². The van der Waals surface area contributed by atoms with Gasteiger partial charge in [-0.1, -0.05) is 6.58 Å². The van der Waals surface area contributed by atoms with Crippen molar-refractivity contribution in [3.05, 3.63) is 12.3 Å². The molecular formula is C9H15NO3. The lowest BCUT2D eigenvalue weighted by Crippen LogP contribution is -2.37. The Labute approximate surface area is 77.8 Å². The molecule has 0 aromatic rings. The maximum absolute atomic E-state index is 11.4. The van der Waals surface area contributed by atoms with Crippen LogP contribution in [-0.2, 0) is 4.74 Å². The molecule has 4 heteroatoms. The summed E-state index contributed by atoms with van der Waals surface area (Å²) in [5.41, 5.74) is 0. The second-order valence-electron chi connectivity index (χ2n) is 3.24. The summed E-state index contributed by atoms with van der Waals surface area (Å²) >= 11 is 0. The molecule has 1 rings (SSSR count). The van der Waals surface area contributed by atoms with Crippen molar-refractivity contribution in [1.29, 1.82) is 0 Å². The van der Waals surface area contributed by atoms with Crippen molar-refractivity contribution in [2.24, 2.45) is 0 Å². The third-order valence-corrected chi connectivity index (χ3v) is 2.08. The van der Waals surface area contributed by atoms with E-state index in [0.717, 1.165) is 12.8 Å². The predicted octanol–water partition coefficient (Wildman–Crippen LogP) is 1.11. The Morgan fingerprint density at radius 2 is 2.46 bits per heavy atom. The van der Waals surface area contributed by atoms with Crippen LogP contribution in [0.4, 0.5) is 4.79 Å². The summed E-state index contributed by atoms with van der Waals surface area (Å²) < 4.78 is 4.85. The van der Waals surface area contributed by atoms with Gasteiger partial charge in [0.15, 0.2) is 0 Å². The van der Waals surface area contributed by atoms with Crippen molar-refractivity contribution >= 4 is 6.09 Å². The van der Waals surface area contributed by atoms with Crippen molar-refractivity contribution in [3.63, 3.8) is 0 Å². The Morgan fingerprint density at radius 1 is 1.77 bits per heavy atom. The third-order valence-electron chi connectivity index (χ3n) is 2.08. The lowest BCUT2D eigenvalue weighted by molar-refractivity contribution is 0.106. The fourth-order valence-electron chi connectivity index (χ4n) is 1.47. The molecular weight excluding hydrogens is 170 g/mol. The molecule has 1 fully saturated rings. The van der Waals surface area contributed by atoms with Gasteiger partial charge in [0.25, 0.3) is 0 Å². The molecule has 13 heavy (non-hydrogen) atoms. The molecule has 4 nitrogen and oxygen atoms in total. The second-order valence-corrected chi connectivity index (χ2v) is 3.24. The van der Waals surface area contributed by atoms with E-state index in [1.807, 2.05) is 0 Å². The quantitative estimate of drug-likeness (QED) is 0.656. The summed E-state index contributed by atoms with van der Waals surface area (Å²) in [6.45, 7) is 5.78. The van der Waals surface area contributed by atoms with E-state index >= 15 is 0 Å². The smallest absolute Gasteiger partial charge is 0.415 e. The predicted molar refractivity (Wildman–Crippen MR) is 48.1 cm³/mol. The molecule has 1 N–H and O–H groups in total. The van der Waals surface area contributed by atoms with Crippen LogP contribution in [0.1, 0.15) is 19.8 Å². The van der Waals surface area contributed by atoms with Gasteiger partial charge in [0.05, 0.1) is 18.4 Å². The zero-order chi connectivity index (χ0) is 9.84. The number of allylic oxidation sites excluding steroid dienone is 1. The molecule has 74 valence electrons. The number of hydrogen-bond donors (Lipinski definition) is 1. The van der Waals surface area contributed by atoms with Gasteiger partial charge < -0.3 is 14.7 Å². The van der Waals surface area contributed by atoms with Crippen molar-refractivity contribution in [1.82, 2.24) is 4.90 Å². The van der Waals surface area contributed by atoms with Crippen LogP contribution in [0.15, 0.2) is 12.3 Å². The van der Waals surface area contributed by atoms with Gasteiger partial charge in [-0.2, -0.15) is 0 Å². The van der Waals surface area contributed by atoms with Gasteiger partial charge in [-0.25, -0.2) is 4.79 Å². The first-order chi connectivity index (χ1) is 6.15. The van der Waals surface area contributed by atoms with Gasteiger partial charge >= 0.3 is 6.09 Å². The summed E-state index contributed by atoms with van der Waals surface area (Å²) in [4.78, 5) is 12.9. The van der Waals surface area contributed by atoms with E-state index in [0.29, 0.717) is 12.3 Å². The fraction of sp³-hybridized carbons (Fsp3) is 0.667. The van der Waals surface area contributed by atoms with Gasteiger partial charge in [0, 0.05) is 6.54 Å². The molecule has 1 aliphatic heterocycles. The molecule has 0 bridgehead atoms. The Morgan fingerprint density at radius 3 is 3.00 bits per heavy atom. The maximum atomic E-state index is 11.4. The number of aliphatic hydroxyl groups excluding tert-OH is 1. The van der Waals surface area contributed by atoms with Gasteiger partial charge in [-0.3, -0.25) is 0 Å². The Balaban J connectivity index is 2.50. The van der Waals surface area contributed by atoms with Crippen LogP contribution in [0, 0.1) is 0 Å². The van der Waals surface area contributed by atoms with Crippen molar-refractivity contribution in [3.8, 4) is 0 Å². The van der Waals surface area contributed by atoms with Crippen LogP contribution in [0.25, 0.3) is 0 Å². The third kappa shape index (κ3) is 2.45. The monoisotopic (exact) mass is 185 g/mol. The molecule has 0 aliphatic carbocycles. The minimum atomic E-state index is -0.399. The minimum absolute atomic E-state index is 0.00525. The summed E-state index contributed by atoms with van der Waals surface area (Å²) in [5, 5.41) is 8.95. The number of carbonyl (C=O) groups excluding carboxylic acids is 1. The summed E-state index contributed by atoms with van der Waals surface area (Å²) in [6.07, 6.45) is 1.38. The first kappa shape index (κ1) is 10.1. The van der Waals surface area contributed by atoms with Gasteiger partial charge in [-0.05, 0) is 19.8 Å². The van der Waals surface area contributed by atoms with Crippen molar-refractivity contribution < 1.29 is 14.6 Å². The number of nitrogens with zero attached hydrogens (tertiary/aromatic N) is 1. The molecule has 1 saturated heterocycles. The Hall–Kier alpha value is -1.03. The number of amides is 1. The van der Waals surface area contributed by atoms with E-state index < -0.39 is 6.09 Å². The Kier molecular flexibility index (Phi) is 3.31. The van der Waals surface area contributed by atoms with Crippen molar-refractivity contribution in [2.75, 3.05) is 13.2 Å². The van der Waals surface area contributed by atoms with Crippen LogP contribution < -0.4 is 0 Å². The number of carbonyl (C=O) groups is 1. The van der Waals surface area contributed by atoms with Gasteiger partial charge in [0.2, 0.25) is 0 Å². The number of rotatable bonds is 2. The van der Waals surface area contributed by atoms with E-state index in [1.54, 1.807) is 11.8 Å². The van der Waals surface area contributed by atoms with Crippen LogP contribution in [0.3, 0.4) is 0 Å². The lowest BCUT2D eigenvalue weighted by atomic mass is 10.2. The molecule has 0 aromatic carbocycles. The number of hydrogen-bond acceptors (Lipinski definition) is 3. The molecule has 0 unspecified atom stereocenters. The summed E-state index contributed by atoms with van der Waals surface area (Å²) in [6, 6.07) is -0.0770. The van der Waals surface area contributed by atoms with E-state index in [-0.39, 0.29) is 12.6 Å². The highest BCUT2D eigenvalue weighted by Crippen LogP contribution is 2.18. The van der Waals surface area contributed by atoms with Crippen LogP contribution in [0.2, 0.25) is 0 Å². The molecule has 1 amide bonds. The van der Waals surface area contributed by atoms with Crippen LogP contribution in [0.5, 0.6) is 0 Å². The highest BCUT2D eigenvalue weighted by molar-refractivity contribution is 5.69.